The first-order valence-corrected chi connectivity index (χ1v) is 15.5. The van der Waals surface area contributed by atoms with Crippen LogP contribution in [0.1, 0.15) is 5.56 Å². The highest BCUT2D eigenvalue weighted by Crippen LogP contribution is 2.39. The monoisotopic (exact) mass is 585 g/mol. The molecule has 9 aromatic rings. The molecular weight excluding hydrogens is 558 g/mol. The van der Waals surface area contributed by atoms with Crippen molar-refractivity contribution in [2.45, 2.75) is 0 Å². The minimum Gasteiger partial charge on any atom is -0.309 e. The molecule has 0 unspecified atom stereocenters. The Morgan fingerprint density at radius 3 is 1.61 bits per heavy atom. The van der Waals surface area contributed by atoms with Gasteiger partial charge in [-0.05, 0) is 82.9 Å². The second-order valence-corrected chi connectivity index (χ2v) is 11.7. The summed E-state index contributed by atoms with van der Waals surface area (Å²) in [7, 11) is 0. The van der Waals surface area contributed by atoms with Crippen molar-refractivity contribution in [3.8, 4) is 39.7 Å². The number of benzene rings is 7. The van der Waals surface area contributed by atoms with Crippen molar-refractivity contribution in [3.05, 3.63) is 169 Å². The van der Waals surface area contributed by atoms with Crippen molar-refractivity contribution in [3.63, 3.8) is 0 Å². The molecule has 0 radical (unpaired) electrons. The Hall–Kier alpha value is -6.37. The number of hydrogen-bond donors (Lipinski definition) is 0. The Kier molecular flexibility index (Phi) is 5.88. The van der Waals surface area contributed by atoms with Crippen LogP contribution < -0.4 is 0 Å². The molecule has 0 atom stereocenters. The molecule has 46 heavy (non-hydrogen) atoms. The zero-order chi connectivity index (χ0) is 30.6. The standard InChI is InChI=1S/C43H27N3/c44-28-33-25-32(27-39-37-16-8-10-18-41(37)46(43(33)39)34-13-5-2-6-14-34)31-21-24-42-38(26-31)36-15-7-9-17-40(36)45(42)35-22-19-30(20-23-35)29-11-3-1-4-12-29/h1-27H. The Bertz CT molecular complexity index is 2620. The number of fused-ring (bicyclic) bond motifs is 6. The van der Waals surface area contributed by atoms with Crippen LogP contribution in [0.3, 0.4) is 0 Å². The number of hydrogen-bond acceptors (Lipinski definition) is 1. The van der Waals surface area contributed by atoms with Crippen molar-refractivity contribution >= 4 is 43.6 Å². The molecule has 2 heterocycles. The fourth-order valence-electron chi connectivity index (χ4n) is 7.06. The van der Waals surface area contributed by atoms with Crippen molar-refractivity contribution in [1.82, 2.24) is 9.13 Å². The third-order valence-corrected chi connectivity index (χ3v) is 9.14. The normalized spacial score (nSPS) is 11.5. The zero-order valence-electron chi connectivity index (χ0n) is 24.9. The summed E-state index contributed by atoms with van der Waals surface area (Å²) in [4.78, 5) is 0. The van der Waals surface area contributed by atoms with E-state index in [0.29, 0.717) is 5.56 Å². The summed E-state index contributed by atoms with van der Waals surface area (Å²) in [6, 6.07) is 60.2. The lowest BCUT2D eigenvalue weighted by Crippen LogP contribution is -1.95. The van der Waals surface area contributed by atoms with Crippen LogP contribution >= 0.6 is 0 Å². The number of para-hydroxylation sites is 3. The molecule has 9 rings (SSSR count). The molecule has 7 aromatic carbocycles. The first kappa shape index (κ1) is 26.1. The molecule has 0 spiro atoms. The van der Waals surface area contributed by atoms with Gasteiger partial charge in [0.2, 0.25) is 0 Å². The van der Waals surface area contributed by atoms with Gasteiger partial charge in [-0.15, -0.1) is 0 Å². The van der Waals surface area contributed by atoms with Gasteiger partial charge in [-0.2, -0.15) is 5.26 Å². The predicted molar refractivity (Wildman–Crippen MR) is 191 cm³/mol. The topological polar surface area (TPSA) is 33.6 Å². The Balaban J connectivity index is 1.24. The third-order valence-electron chi connectivity index (χ3n) is 9.14. The molecule has 214 valence electrons. The van der Waals surface area contributed by atoms with Gasteiger partial charge >= 0.3 is 0 Å². The predicted octanol–water partition coefficient (Wildman–Crippen LogP) is 11.1. The summed E-state index contributed by atoms with van der Waals surface area (Å²) < 4.78 is 4.56. The Morgan fingerprint density at radius 2 is 0.891 bits per heavy atom. The molecule has 3 heteroatoms. The van der Waals surface area contributed by atoms with E-state index >= 15 is 0 Å². The van der Waals surface area contributed by atoms with E-state index in [1.165, 1.54) is 27.4 Å². The maximum Gasteiger partial charge on any atom is 0.101 e. The van der Waals surface area contributed by atoms with Crippen LogP contribution in [0.25, 0.3) is 77.2 Å². The van der Waals surface area contributed by atoms with Gasteiger partial charge in [0.15, 0.2) is 0 Å². The van der Waals surface area contributed by atoms with Crippen LogP contribution in [0.15, 0.2) is 164 Å². The SMILES string of the molecule is N#Cc1cc(-c2ccc3c(c2)c2ccccc2n3-c2ccc(-c3ccccc3)cc2)cc2c3ccccc3n(-c3ccccc3)c12. The lowest BCUT2D eigenvalue weighted by Gasteiger charge is -2.11. The maximum atomic E-state index is 10.5. The molecule has 0 saturated heterocycles. The van der Waals surface area contributed by atoms with Gasteiger partial charge in [0.1, 0.15) is 6.07 Å². The van der Waals surface area contributed by atoms with Gasteiger partial charge in [0.05, 0.1) is 27.6 Å². The van der Waals surface area contributed by atoms with E-state index in [1.807, 2.05) is 30.3 Å². The number of nitriles is 1. The summed E-state index contributed by atoms with van der Waals surface area (Å²) >= 11 is 0. The van der Waals surface area contributed by atoms with E-state index in [4.69, 9.17) is 0 Å². The van der Waals surface area contributed by atoms with Crippen LogP contribution in [-0.2, 0) is 0 Å². The van der Waals surface area contributed by atoms with Gasteiger partial charge in [-0.3, -0.25) is 0 Å². The largest absolute Gasteiger partial charge is 0.309 e. The fraction of sp³-hybridized carbons (Fsp3) is 0. The summed E-state index contributed by atoms with van der Waals surface area (Å²) in [5.41, 5.74) is 11.7. The summed E-state index contributed by atoms with van der Waals surface area (Å²) in [5.74, 6) is 0. The molecule has 0 saturated carbocycles. The molecule has 2 aromatic heterocycles. The van der Waals surface area contributed by atoms with Crippen LogP contribution in [0.2, 0.25) is 0 Å². The lowest BCUT2D eigenvalue weighted by molar-refractivity contribution is 1.18. The second-order valence-electron chi connectivity index (χ2n) is 11.7. The minimum atomic E-state index is 0.661. The average molecular weight is 586 g/mol. The highest BCUT2D eigenvalue weighted by Gasteiger charge is 2.18. The number of aromatic nitrogens is 2. The smallest absolute Gasteiger partial charge is 0.101 e. The van der Waals surface area contributed by atoms with E-state index < -0.39 is 0 Å². The molecule has 3 nitrogen and oxygen atoms in total. The van der Waals surface area contributed by atoms with Crippen LogP contribution in [0, 0.1) is 11.3 Å². The van der Waals surface area contributed by atoms with Gasteiger partial charge in [0.25, 0.3) is 0 Å². The number of rotatable bonds is 4. The highest BCUT2D eigenvalue weighted by atomic mass is 15.0. The highest BCUT2D eigenvalue weighted by molar-refractivity contribution is 6.13. The van der Waals surface area contributed by atoms with Crippen molar-refractivity contribution in [2.24, 2.45) is 0 Å². The lowest BCUT2D eigenvalue weighted by atomic mass is 9.98. The number of nitrogens with zero attached hydrogens (tertiary/aromatic N) is 3. The molecule has 0 aliphatic heterocycles. The quantitative estimate of drug-likeness (QED) is 0.202. The average Bonchev–Trinajstić information content (AvgIpc) is 3.65. The molecule has 0 aliphatic rings. The molecule has 0 amide bonds. The molecular formula is C43H27N3. The van der Waals surface area contributed by atoms with Gasteiger partial charge < -0.3 is 9.13 Å². The van der Waals surface area contributed by atoms with Crippen molar-refractivity contribution < 1.29 is 0 Å². The third kappa shape index (κ3) is 3.98. The van der Waals surface area contributed by atoms with Crippen LogP contribution in [0.4, 0.5) is 0 Å². The van der Waals surface area contributed by atoms with Crippen molar-refractivity contribution in [1.29, 1.82) is 5.26 Å². The van der Waals surface area contributed by atoms with Crippen LogP contribution in [0.5, 0.6) is 0 Å². The van der Waals surface area contributed by atoms with Gasteiger partial charge in [0, 0.05) is 32.9 Å². The van der Waals surface area contributed by atoms with E-state index in [2.05, 4.69) is 149 Å². The summed E-state index contributed by atoms with van der Waals surface area (Å²) in [5, 5.41) is 15.1. The van der Waals surface area contributed by atoms with E-state index in [0.717, 1.165) is 49.8 Å². The van der Waals surface area contributed by atoms with Crippen molar-refractivity contribution in [2.75, 3.05) is 0 Å². The first-order chi connectivity index (χ1) is 22.8. The Labute approximate surface area is 266 Å². The van der Waals surface area contributed by atoms with E-state index in [9.17, 15) is 5.26 Å². The molecule has 0 aliphatic carbocycles. The zero-order valence-corrected chi connectivity index (χ0v) is 24.9. The minimum absolute atomic E-state index is 0.661. The van der Waals surface area contributed by atoms with E-state index in [-0.39, 0.29) is 0 Å². The second kappa shape index (κ2) is 10.4. The first-order valence-electron chi connectivity index (χ1n) is 15.5. The Morgan fingerprint density at radius 1 is 0.370 bits per heavy atom. The van der Waals surface area contributed by atoms with Gasteiger partial charge in [-0.1, -0.05) is 103 Å². The molecule has 0 fully saturated rings. The summed E-state index contributed by atoms with van der Waals surface area (Å²) in [6.07, 6.45) is 0. The fourth-order valence-corrected chi connectivity index (χ4v) is 7.06. The molecule has 0 bridgehead atoms. The maximum absolute atomic E-state index is 10.5. The van der Waals surface area contributed by atoms with E-state index in [1.54, 1.807) is 0 Å². The summed E-state index contributed by atoms with van der Waals surface area (Å²) in [6.45, 7) is 0. The molecule has 0 N–H and O–H groups in total. The van der Waals surface area contributed by atoms with Crippen LogP contribution in [-0.4, -0.2) is 9.13 Å². The van der Waals surface area contributed by atoms with Gasteiger partial charge in [-0.25, -0.2) is 0 Å².